The van der Waals surface area contributed by atoms with Crippen LogP contribution in [0.2, 0.25) is 0 Å². The van der Waals surface area contributed by atoms with Crippen LogP contribution in [-0.2, 0) is 9.53 Å². The molecule has 2 heterocycles. The predicted octanol–water partition coefficient (Wildman–Crippen LogP) is -0.0154. The number of likely N-dealkylation sites (tertiary alicyclic amines) is 2. The molecule has 0 aromatic heterocycles. The summed E-state index contributed by atoms with van der Waals surface area (Å²) in [5.41, 5.74) is 0. The van der Waals surface area contributed by atoms with Crippen LogP contribution in [0.5, 0.6) is 0 Å². The van der Waals surface area contributed by atoms with E-state index in [1.807, 2.05) is 0 Å². The number of rotatable bonds is 3. The number of nitrogens with zero attached hydrogens (tertiary/aromatic N) is 2. The van der Waals surface area contributed by atoms with E-state index >= 15 is 0 Å². The average Bonchev–Trinajstić information content (AvgIpc) is 2.81. The molecule has 7 heteroatoms. The van der Waals surface area contributed by atoms with Gasteiger partial charge >= 0.3 is 12.0 Å². The Labute approximate surface area is 118 Å². The number of aliphatic hydroxyl groups is 1. The van der Waals surface area contributed by atoms with E-state index in [1.165, 1.54) is 4.90 Å². The largest absolute Gasteiger partial charge is 0.480 e. The topological polar surface area (TPSA) is 90.3 Å². The molecule has 0 bridgehead atoms. The van der Waals surface area contributed by atoms with Crippen molar-refractivity contribution in [2.75, 3.05) is 33.4 Å². The molecule has 2 fully saturated rings. The van der Waals surface area contributed by atoms with Gasteiger partial charge in [-0.1, -0.05) is 0 Å². The lowest BCUT2D eigenvalue weighted by molar-refractivity contribution is -0.141. The molecular weight excluding hydrogens is 264 g/mol. The Morgan fingerprint density at radius 2 is 1.95 bits per heavy atom. The lowest BCUT2D eigenvalue weighted by Crippen LogP contribution is -2.50. The summed E-state index contributed by atoms with van der Waals surface area (Å²) < 4.78 is 5.11. The lowest BCUT2D eigenvalue weighted by Gasteiger charge is -2.35. The summed E-state index contributed by atoms with van der Waals surface area (Å²) in [4.78, 5) is 26.5. The fraction of sp³-hybridized carbons (Fsp3) is 0.846. The van der Waals surface area contributed by atoms with Gasteiger partial charge in [0.2, 0.25) is 0 Å². The molecule has 2 atom stereocenters. The van der Waals surface area contributed by atoms with Gasteiger partial charge in [-0.25, -0.2) is 9.59 Å². The van der Waals surface area contributed by atoms with E-state index in [9.17, 15) is 14.7 Å². The maximum atomic E-state index is 12.4. The number of amides is 2. The molecule has 7 nitrogen and oxygen atoms in total. The zero-order valence-electron chi connectivity index (χ0n) is 11.7. The van der Waals surface area contributed by atoms with Gasteiger partial charge in [0.1, 0.15) is 6.04 Å². The predicted molar refractivity (Wildman–Crippen MR) is 70.3 cm³/mol. The van der Waals surface area contributed by atoms with Gasteiger partial charge < -0.3 is 24.7 Å². The molecule has 2 rings (SSSR count). The van der Waals surface area contributed by atoms with Gasteiger partial charge in [-0.15, -0.1) is 0 Å². The molecule has 0 spiro atoms. The third kappa shape index (κ3) is 3.21. The van der Waals surface area contributed by atoms with Gasteiger partial charge in [0, 0.05) is 39.8 Å². The smallest absolute Gasteiger partial charge is 0.326 e. The highest BCUT2D eigenvalue weighted by molar-refractivity contribution is 5.83. The van der Waals surface area contributed by atoms with E-state index in [0.29, 0.717) is 25.6 Å². The van der Waals surface area contributed by atoms with Crippen LogP contribution in [0, 0.1) is 5.92 Å². The van der Waals surface area contributed by atoms with Crippen molar-refractivity contribution in [3.05, 3.63) is 0 Å². The van der Waals surface area contributed by atoms with Crippen molar-refractivity contribution in [1.82, 2.24) is 9.80 Å². The minimum Gasteiger partial charge on any atom is -0.480 e. The third-order valence-corrected chi connectivity index (χ3v) is 4.10. The van der Waals surface area contributed by atoms with Crippen LogP contribution in [0.4, 0.5) is 4.79 Å². The van der Waals surface area contributed by atoms with E-state index in [-0.39, 0.29) is 19.0 Å². The second-order valence-corrected chi connectivity index (χ2v) is 5.56. The highest BCUT2D eigenvalue weighted by atomic mass is 16.5. The monoisotopic (exact) mass is 286 g/mol. The molecule has 2 unspecified atom stereocenters. The van der Waals surface area contributed by atoms with E-state index in [2.05, 4.69) is 0 Å². The number of methoxy groups -OCH3 is 1. The summed E-state index contributed by atoms with van der Waals surface area (Å²) in [5.74, 6) is -0.590. The molecule has 2 saturated heterocycles. The Bertz CT molecular complexity index is 368. The zero-order valence-corrected chi connectivity index (χ0v) is 11.7. The van der Waals surface area contributed by atoms with Crippen LogP contribution in [0.25, 0.3) is 0 Å². The van der Waals surface area contributed by atoms with Crippen LogP contribution in [0.15, 0.2) is 0 Å². The minimum absolute atomic E-state index is 0.105. The summed E-state index contributed by atoms with van der Waals surface area (Å²) in [7, 11) is 1.67. The number of hydrogen-bond acceptors (Lipinski definition) is 4. The SMILES string of the molecule is COCC1CCN(C(=O)N2CC(O)CC2C(=O)O)CC1. The van der Waals surface area contributed by atoms with Crippen molar-refractivity contribution in [2.45, 2.75) is 31.4 Å². The Kier molecular flexibility index (Phi) is 4.82. The van der Waals surface area contributed by atoms with E-state index < -0.39 is 18.1 Å². The number of β-amino-alcohol motifs (C(OH)–C–C–N with tert-alkyl or cyclic N) is 1. The summed E-state index contributed by atoms with van der Waals surface area (Å²) in [6, 6.07) is -1.18. The maximum Gasteiger partial charge on any atom is 0.326 e. The highest BCUT2D eigenvalue weighted by Gasteiger charge is 2.41. The van der Waals surface area contributed by atoms with E-state index in [0.717, 1.165) is 12.8 Å². The molecule has 0 aromatic rings. The summed E-state index contributed by atoms with van der Waals surface area (Å²) >= 11 is 0. The molecule has 2 aliphatic rings. The zero-order chi connectivity index (χ0) is 14.7. The third-order valence-electron chi connectivity index (χ3n) is 4.10. The van der Waals surface area contributed by atoms with Gasteiger partial charge in [0.15, 0.2) is 0 Å². The number of carbonyl (C=O) groups excluding carboxylic acids is 1. The second-order valence-electron chi connectivity index (χ2n) is 5.56. The summed E-state index contributed by atoms with van der Waals surface area (Å²) in [6.07, 6.45) is 1.11. The molecule has 0 radical (unpaired) electrons. The quantitative estimate of drug-likeness (QED) is 0.761. The van der Waals surface area contributed by atoms with Crippen molar-refractivity contribution in [2.24, 2.45) is 5.92 Å². The molecule has 114 valence electrons. The molecule has 2 aliphatic heterocycles. The molecule has 0 saturated carbocycles. The first kappa shape index (κ1) is 15.1. The van der Waals surface area contributed by atoms with Gasteiger partial charge in [0.25, 0.3) is 0 Å². The van der Waals surface area contributed by atoms with Crippen molar-refractivity contribution < 1.29 is 24.5 Å². The standard InChI is InChI=1S/C13H22N2O5/c1-20-8-9-2-4-14(5-3-9)13(19)15-7-10(16)6-11(15)12(17)18/h9-11,16H,2-8H2,1H3,(H,17,18). The first-order valence-corrected chi connectivity index (χ1v) is 6.98. The van der Waals surface area contributed by atoms with Crippen molar-refractivity contribution in [3.8, 4) is 0 Å². The van der Waals surface area contributed by atoms with Crippen LogP contribution in [0.3, 0.4) is 0 Å². The number of ether oxygens (including phenoxy) is 1. The normalized spacial score (nSPS) is 27.9. The van der Waals surface area contributed by atoms with Gasteiger partial charge in [-0.2, -0.15) is 0 Å². The van der Waals surface area contributed by atoms with Gasteiger partial charge in [-0.3, -0.25) is 0 Å². The maximum absolute atomic E-state index is 12.4. The van der Waals surface area contributed by atoms with Crippen molar-refractivity contribution >= 4 is 12.0 Å². The van der Waals surface area contributed by atoms with Crippen molar-refractivity contribution in [1.29, 1.82) is 0 Å². The Morgan fingerprint density at radius 3 is 2.50 bits per heavy atom. The highest BCUT2D eigenvalue weighted by Crippen LogP contribution is 2.23. The van der Waals surface area contributed by atoms with Crippen LogP contribution >= 0.6 is 0 Å². The molecule has 2 N–H and O–H groups in total. The Morgan fingerprint density at radius 1 is 1.30 bits per heavy atom. The molecule has 20 heavy (non-hydrogen) atoms. The first-order chi connectivity index (χ1) is 9.52. The van der Waals surface area contributed by atoms with E-state index in [1.54, 1.807) is 12.0 Å². The number of urea groups is 1. The van der Waals surface area contributed by atoms with Crippen LogP contribution in [-0.4, -0.2) is 77.5 Å². The fourth-order valence-electron chi connectivity index (χ4n) is 2.97. The van der Waals surface area contributed by atoms with Gasteiger partial charge in [0.05, 0.1) is 6.10 Å². The van der Waals surface area contributed by atoms with Crippen LogP contribution in [0.1, 0.15) is 19.3 Å². The number of carboxylic acids is 1. The van der Waals surface area contributed by atoms with E-state index in [4.69, 9.17) is 9.84 Å². The molecule has 0 aromatic carbocycles. The number of hydrogen-bond donors (Lipinski definition) is 2. The molecular formula is C13H22N2O5. The number of aliphatic hydroxyl groups excluding tert-OH is 1. The lowest BCUT2D eigenvalue weighted by atomic mass is 9.98. The van der Waals surface area contributed by atoms with Crippen molar-refractivity contribution in [3.63, 3.8) is 0 Å². The molecule has 2 amide bonds. The Hall–Kier alpha value is -1.34. The molecule has 0 aliphatic carbocycles. The first-order valence-electron chi connectivity index (χ1n) is 6.98. The average molecular weight is 286 g/mol. The summed E-state index contributed by atoms with van der Waals surface area (Å²) in [5, 5.41) is 18.7. The van der Waals surface area contributed by atoms with Gasteiger partial charge in [-0.05, 0) is 18.8 Å². The second kappa shape index (κ2) is 6.41. The number of carbonyl (C=O) groups is 2. The fourth-order valence-corrected chi connectivity index (χ4v) is 2.97. The number of carboxylic acid groups (broad SMARTS) is 1. The summed E-state index contributed by atoms with van der Waals surface area (Å²) in [6.45, 7) is 2.04. The minimum atomic E-state index is -1.05. The van der Waals surface area contributed by atoms with Crippen LogP contribution < -0.4 is 0 Å². The Balaban J connectivity index is 1.93. The number of piperidine rings is 1. The number of aliphatic carboxylic acids is 1.